The van der Waals surface area contributed by atoms with Gasteiger partial charge in [0.15, 0.2) is 5.82 Å². The van der Waals surface area contributed by atoms with Crippen molar-refractivity contribution >= 4 is 56.0 Å². The fourth-order valence-corrected chi connectivity index (χ4v) is 3.74. The van der Waals surface area contributed by atoms with Gasteiger partial charge >= 0.3 is 5.95 Å². The number of rotatable bonds is 7. The molecule has 15 heteroatoms. The van der Waals surface area contributed by atoms with E-state index in [9.17, 15) is 13.2 Å². The molecule has 0 saturated carbocycles. The van der Waals surface area contributed by atoms with Gasteiger partial charge in [0.1, 0.15) is 11.2 Å². The normalized spacial score (nSPS) is 11.8. The lowest BCUT2D eigenvalue weighted by Gasteiger charge is -2.18. The molecular weight excluding hydrogens is 462 g/mol. The summed E-state index contributed by atoms with van der Waals surface area (Å²) in [5.41, 5.74) is 1.81. The minimum absolute atomic E-state index is 0.0599. The fourth-order valence-electron chi connectivity index (χ4n) is 3.24. The van der Waals surface area contributed by atoms with E-state index >= 15 is 0 Å². The fraction of sp³-hybridized carbons (Fsp3) is 0.263. The summed E-state index contributed by atoms with van der Waals surface area (Å²) in [5.74, 6) is -0.267. The van der Waals surface area contributed by atoms with Crippen molar-refractivity contribution in [3.63, 3.8) is 0 Å². The third-order valence-electron chi connectivity index (χ3n) is 4.79. The van der Waals surface area contributed by atoms with Gasteiger partial charge in [0.2, 0.25) is 10.0 Å². The molecule has 174 valence electrons. The van der Waals surface area contributed by atoms with E-state index in [1.54, 1.807) is 27.5 Å². The lowest BCUT2D eigenvalue weighted by atomic mass is 10.2. The van der Waals surface area contributed by atoms with E-state index in [2.05, 4.69) is 44.9 Å². The molecule has 1 amide bonds. The molecule has 34 heavy (non-hydrogen) atoms. The number of H-pyrrole nitrogens is 1. The van der Waals surface area contributed by atoms with Crippen LogP contribution in [0.5, 0.6) is 0 Å². The molecular formula is C19H19N11O3S. The van der Waals surface area contributed by atoms with Crippen molar-refractivity contribution in [2.24, 2.45) is 10.2 Å². The van der Waals surface area contributed by atoms with Crippen LogP contribution >= 0.6 is 0 Å². The number of hydrogen-bond donors (Lipinski definition) is 2. The largest absolute Gasteiger partial charge is 0.361 e. The smallest absolute Gasteiger partial charge is 0.323 e. The average molecular weight is 482 g/mol. The summed E-state index contributed by atoms with van der Waals surface area (Å²) in [4.78, 5) is 28.6. The predicted molar refractivity (Wildman–Crippen MR) is 123 cm³/mol. The van der Waals surface area contributed by atoms with Gasteiger partial charge in [0.05, 0.1) is 23.7 Å². The number of benzene rings is 1. The Morgan fingerprint density at radius 2 is 2.03 bits per heavy atom. The lowest BCUT2D eigenvalue weighted by Crippen LogP contribution is -2.31. The maximum Gasteiger partial charge on any atom is 0.323 e. The molecule has 0 aliphatic rings. The van der Waals surface area contributed by atoms with Crippen molar-refractivity contribution in [1.29, 1.82) is 0 Å². The number of nitrogens with one attached hydrogen (secondary N) is 2. The first-order valence-electron chi connectivity index (χ1n) is 10.0. The van der Waals surface area contributed by atoms with E-state index in [4.69, 9.17) is 6.57 Å². The number of carbonyl (C=O) groups excluding carboxylic acids is 1. The molecule has 1 aromatic carbocycles. The number of nitrogens with zero attached hydrogens (tertiary/aromatic N) is 9. The number of carbonyl (C=O) groups is 1. The van der Waals surface area contributed by atoms with Crippen molar-refractivity contribution in [2.75, 3.05) is 24.1 Å². The Balaban J connectivity index is 1.75. The highest BCUT2D eigenvalue weighted by Crippen LogP contribution is 2.28. The Bertz CT molecular complexity index is 1580. The number of fused-ring (bicyclic) bond motifs is 3. The quantitative estimate of drug-likeness (QED) is 0.302. The van der Waals surface area contributed by atoms with Crippen LogP contribution in [0.1, 0.15) is 24.3 Å². The Kier molecular flexibility index (Phi) is 5.90. The molecule has 0 bridgehead atoms. The van der Waals surface area contributed by atoms with Crippen LogP contribution in [0, 0.1) is 6.57 Å². The molecule has 0 aliphatic carbocycles. The first-order valence-corrected chi connectivity index (χ1v) is 11.9. The van der Waals surface area contributed by atoms with Gasteiger partial charge in [0.25, 0.3) is 17.5 Å². The average Bonchev–Trinajstić information content (AvgIpc) is 3.41. The van der Waals surface area contributed by atoms with Crippen molar-refractivity contribution < 1.29 is 13.2 Å². The predicted octanol–water partition coefficient (Wildman–Crippen LogP) is 2.82. The van der Waals surface area contributed by atoms with E-state index < -0.39 is 10.0 Å². The van der Waals surface area contributed by atoms with Gasteiger partial charge in [0, 0.05) is 13.1 Å². The number of sulfonamides is 1. The van der Waals surface area contributed by atoms with E-state index in [-0.39, 0.29) is 29.3 Å². The standard InChI is InChI=1S/C19H19N11O3S/c1-5-29(6-2)17(31)14-10-21-19-27-25-12-8-7-11(9-13(12)30(14)19)24-26-18-22-15(20-3)16(23-18)28-34(4,32)33/h7-10,28H,5-6H2,1-2,4H3,(H,22,23). The van der Waals surface area contributed by atoms with Crippen LogP contribution in [-0.2, 0) is 10.0 Å². The van der Waals surface area contributed by atoms with Crippen LogP contribution in [0.25, 0.3) is 21.7 Å². The Hall–Kier alpha value is -4.45. The Morgan fingerprint density at radius 1 is 1.26 bits per heavy atom. The second kappa shape index (κ2) is 8.83. The van der Waals surface area contributed by atoms with Gasteiger partial charge in [-0.2, -0.15) is 4.98 Å². The van der Waals surface area contributed by atoms with Crippen LogP contribution in [0.4, 0.5) is 23.3 Å². The second-order valence-electron chi connectivity index (χ2n) is 7.07. The maximum atomic E-state index is 13.0. The SMILES string of the molecule is [C-]#[N+]c1[nH]c(N=Nc2ccc3nnc4ncc(C(=O)N(CC)CC)n4c3c2)nc1NS(C)(=O)=O. The number of aromatic amines is 1. The summed E-state index contributed by atoms with van der Waals surface area (Å²) in [6, 6.07) is 4.98. The van der Waals surface area contributed by atoms with Crippen molar-refractivity contribution in [2.45, 2.75) is 13.8 Å². The molecule has 2 N–H and O–H groups in total. The van der Waals surface area contributed by atoms with Crippen LogP contribution in [0.2, 0.25) is 0 Å². The van der Waals surface area contributed by atoms with Gasteiger partial charge in [-0.1, -0.05) is 11.7 Å². The first kappa shape index (κ1) is 22.7. The molecule has 3 aromatic heterocycles. The molecule has 14 nitrogen and oxygen atoms in total. The van der Waals surface area contributed by atoms with Gasteiger partial charge in [-0.15, -0.1) is 15.3 Å². The molecule has 0 unspecified atom stereocenters. The third kappa shape index (κ3) is 4.38. The zero-order valence-electron chi connectivity index (χ0n) is 18.4. The molecule has 0 spiro atoms. The van der Waals surface area contributed by atoms with Crippen LogP contribution in [0.3, 0.4) is 0 Å². The monoisotopic (exact) mass is 481 g/mol. The van der Waals surface area contributed by atoms with Crippen LogP contribution in [0.15, 0.2) is 34.6 Å². The summed E-state index contributed by atoms with van der Waals surface area (Å²) in [6.45, 7) is 12.0. The molecule has 0 saturated heterocycles. The molecule has 4 rings (SSSR count). The summed E-state index contributed by atoms with van der Waals surface area (Å²) >= 11 is 0. The Labute approximate surface area is 193 Å². The van der Waals surface area contributed by atoms with E-state index in [1.807, 2.05) is 13.8 Å². The highest BCUT2D eigenvalue weighted by atomic mass is 32.2. The molecule has 0 aliphatic heterocycles. The lowest BCUT2D eigenvalue weighted by molar-refractivity contribution is 0.0766. The van der Waals surface area contributed by atoms with Gasteiger partial charge in [-0.3, -0.25) is 18.9 Å². The number of azo groups is 1. The first-order chi connectivity index (χ1) is 16.2. The molecule has 3 heterocycles. The van der Waals surface area contributed by atoms with Gasteiger partial charge < -0.3 is 9.74 Å². The van der Waals surface area contributed by atoms with E-state index in [0.717, 1.165) is 6.26 Å². The highest BCUT2D eigenvalue weighted by Gasteiger charge is 2.20. The second-order valence-corrected chi connectivity index (χ2v) is 8.82. The number of anilines is 1. The number of amides is 1. The number of aromatic nitrogens is 6. The molecule has 0 fully saturated rings. The van der Waals surface area contributed by atoms with E-state index in [1.165, 1.54) is 6.20 Å². The van der Waals surface area contributed by atoms with Crippen LogP contribution < -0.4 is 4.72 Å². The van der Waals surface area contributed by atoms with Crippen molar-refractivity contribution in [3.05, 3.63) is 41.5 Å². The minimum Gasteiger partial charge on any atom is -0.361 e. The molecule has 0 atom stereocenters. The third-order valence-corrected chi connectivity index (χ3v) is 5.35. The summed E-state index contributed by atoms with van der Waals surface area (Å²) < 4.78 is 26.7. The summed E-state index contributed by atoms with van der Waals surface area (Å²) in [6.07, 6.45) is 2.41. The number of hydrogen-bond acceptors (Lipinski definition) is 9. The summed E-state index contributed by atoms with van der Waals surface area (Å²) in [5, 5.41) is 16.3. The zero-order valence-corrected chi connectivity index (χ0v) is 19.2. The van der Waals surface area contributed by atoms with Gasteiger partial charge in [-0.25, -0.2) is 13.4 Å². The van der Waals surface area contributed by atoms with Crippen molar-refractivity contribution in [3.8, 4) is 0 Å². The topological polar surface area (TPSA) is 167 Å². The highest BCUT2D eigenvalue weighted by molar-refractivity contribution is 7.92. The minimum atomic E-state index is -3.63. The zero-order chi connectivity index (χ0) is 24.5. The molecule has 4 aromatic rings. The van der Waals surface area contributed by atoms with Crippen LogP contribution in [-0.4, -0.2) is 68.1 Å². The molecule has 0 radical (unpaired) electrons. The number of imidazole rings is 2. The Morgan fingerprint density at radius 3 is 2.71 bits per heavy atom. The summed E-state index contributed by atoms with van der Waals surface area (Å²) in [7, 11) is -3.63. The van der Waals surface area contributed by atoms with Crippen molar-refractivity contribution in [1.82, 2.24) is 34.4 Å². The maximum absolute atomic E-state index is 13.0. The van der Waals surface area contributed by atoms with E-state index in [0.29, 0.717) is 35.5 Å². The van der Waals surface area contributed by atoms with Gasteiger partial charge in [-0.05, 0) is 32.0 Å².